The van der Waals surface area contributed by atoms with Gasteiger partial charge in [0.2, 0.25) is 5.91 Å². The van der Waals surface area contributed by atoms with Gasteiger partial charge in [-0.15, -0.1) is 11.8 Å². The molecule has 0 saturated carbocycles. The molecule has 0 spiro atoms. The Kier molecular flexibility index (Phi) is 4.28. The summed E-state index contributed by atoms with van der Waals surface area (Å²) < 4.78 is 4.85. The van der Waals surface area contributed by atoms with Crippen LogP contribution in [0.5, 0.6) is 0 Å². The third-order valence-corrected chi connectivity index (χ3v) is 3.61. The highest BCUT2D eigenvalue weighted by molar-refractivity contribution is 8.00. The topological polar surface area (TPSA) is 55.1 Å². The molecule has 0 unspecified atom stereocenters. The van der Waals surface area contributed by atoms with Crippen LogP contribution in [0.2, 0.25) is 5.02 Å². The van der Waals surface area contributed by atoms with Gasteiger partial charge in [-0.25, -0.2) is 0 Å². The predicted molar refractivity (Wildman–Crippen MR) is 72.0 cm³/mol. The van der Waals surface area contributed by atoms with Gasteiger partial charge < -0.3 is 9.84 Å². The van der Waals surface area contributed by atoms with Crippen LogP contribution in [-0.2, 0) is 4.79 Å². The maximum atomic E-state index is 11.6. The predicted octanol–water partition coefficient (Wildman–Crippen LogP) is 3.37. The average molecular weight is 283 g/mol. The van der Waals surface area contributed by atoms with Crippen molar-refractivity contribution in [2.24, 2.45) is 0 Å². The van der Waals surface area contributed by atoms with Gasteiger partial charge in [-0.2, -0.15) is 0 Å². The van der Waals surface area contributed by atoms with E-state index in [0.717, 1.165) is 4.90 Å². The van der Waals surface area contributed by atoms with Crippen molar-refractivity contribution in [3.05, 3.63) is 41.1 Å². The second-order valence-electron chi connectivity index (χ2n) is 3.59. The van der Waals surface area contributed by atoms with Crippen LogP contribution in [0.15, 0.2) is 39.8 Å². The molecular weight excluding hydrogens is 272 g/mol. The molecule has 94 valence electrons. The zero-order chi connectivity index (χ0) is 13.0. The van der Waals surface area contributed by atoms with Crippen LogP contribution in [0.3, 0.4) is 0 Å². The van der Waals surface area contributed by atoms with Gasteiger partial charge in [0.25, 0.3) is 0 Å². The lowest BCUT2D eigenvalue weighted by Gasteiger charge is -2.03. The van der Waals surface area contributed by atoms with Crippen molar-refractivity contribution in [1.29, 1.82) is 0 Å². The summed E-state index contributed by atoms with van der Waals surface area (Å²) in [6.07, 6.45) is 0. The molecule has 0 atom stereocenters. The zero-order valence-corrected chi connectivity index (χ0v) is 11.2. The highest BCUT2D eigenvalue weighted by Crippen LogP contribution is 2.26. The Morgan fingerprint density at radius 1 is 1.50 bits per heavy atom. The van der Waals surface area contributed by atoms with Crippen molar-refractivity contribution in [1.82, 2.24) is 5.16 Å². The number of amides is 1. The van der Waals surface area contributed by atoms with E-state index in [1.165, 1.54) is 11.8 Å². The van der Waals surface area contributed by atoms with E-state index in [0.29, 0.717) is 16.6 Å². The van der Waals surface area contributed by atoms with Gasteiger partial charge in [-0.05, 0) is 19.1 Å². The number of nitrogens with zero attached hydrogens (tertiary/aromatic N) is 1. The molecule has 0 aliphatic carbocycles. The maximum absolute atomic E-state index is 11.6. The summed E-state index contributed by atoms with van der Waals surface area (Å²) in [5, 5.41) is 6.98. The number of anilines is 1. The van der Waals surface area contributed by atoms with Crippen molar-refractivity contribution in [3.8, 4) is 0 Å². The molecular formula is C12H11ClN2O2S. The molecule has 0 bridgehead atoms. The van der Waals surface area contributed by atoms with Crippen LogP contribution in [-0.4, -0.2) is 16.8 Å². The summed E-state index contributed by atoms with van der Waals surface area (Å²) in [7, 11) is 0. The second-order valence-corrected chi connectivity index (χ2v) is 5.01. The first-order chi connectivity index (χ1) is 8.65. The normalized spacial score (nSPS) is 10.3. The lowest BCUT2D eigenvalue weighted by atomic mass is 10.4. The SMILES string of the molecule is Cc1cc(NC(=O)CSc2ccccc2Cl)no1. The first-order valence-electron chi connectivity index (χ1n) is 5.25. The highest BCUT2D eigenvalue weighted by Gasteiger charge is 2.08. The molecule has 2 aromatic rings. The standard InChI is InChI=1S/C12H11ClN2O2S/c1-8-6-11(15-17-8)14-12(16)7-18-10-5-3-2-4-9(10)13/h2-6H,7H2,1H3,(H,14,15,16). The monoisotopic (exact) mass is 282 g/mol. The quantitative estimate of drug-likeness (QED) is 0.874. The fourth-order valence-electron chi connectivity index (χ4n) is 1.31. The number of aryl methyl sites for hydroxylation is 1. The molecule has 4 nitrogen and oxygen atoms in total. The number of aromatic nitrogens is 1. The Hall–Kier alpha value is -1.46. The van der Waals surface area contributed by atoms with E-state index in [-0.39, 0.29) is 11.7 Å². The Balaban J connectivity index is 1.87. The summed E-state index contributed by atoms with van der Waals surface area (Å²) >= 11 is 7.37. The molecule has 6 heteroatoms. The van der Waals surface area contributed by atoms with Gasteiger partial charge in [0, 0.05) is 11.0 Å². The Bertz CT molecular complexity index is 557. The lowest BCUT2D eigenvalue weighted by molar-refractivity contribution is -0.113. The fraction of sp³-hybridized carbons (Fsp3) is 0.167. The fourth-order valence-corrected chi connectivity index (χ4v) is 2.35. The number of carbonyl (C=O) groups excluding carboxylic acids is 1. The van der Waals surface area contributed by atoms with E-state index in [1.54, 1.807) is 19.1 Å². The molecule has 0 fully saturated rings. The lowest BCUT2D eigenvalue weighted by Crippen LogP contribution is -2.14. The van der Waals surface area contributed by atoms with E-state index in [4.69, 9.17) is 16.1 Å². The summed E-state index contributed by atoms with van der Waals surface area (Å²) in [4.78, 5) is 12.5. The van der Waals surface area contributed by atoms with Crippen molar-refractivity contribution < 1.29 is 9.32 Å². The average Bonchev–Trinajstić information content (AvgIpc) is 2.74. The number of hydrogen-bond acceptors (Lipinski definition) is 4. The van der Waals surface area contributed by atoms with Gasteiger partial charge in [0.1, 0.15) is 5.76 Å². The van der Waals surface area contributed by atoms with Gasteiger partial charge in [-0.3, -0.25) is 4.79 Å². The molecule has 0 saturated heterocycles. The van der Waals surface area contributed by atoms with Crippen LogP contribution in [0.25, 0.3) is 0 Å². The summed E-state index contributed by atoms with van der Waals surface area (Å²) in [6.45, 7) is 1.77. The van der Waals surface area contributed by atoms with Gasteiger partial charge >= 0.3 is 0 Å². The number of thioether (sulfide) groups is 1. The van der Waals surface area contributed by atoms with E-state index in [2.05, 4.69) is 10.5 Å². The molecule has 1 aromatic heterocycles. The van der Waals surface area contributed by atoms with E-state index < -0.39 is 0 Å². The summed E-state index contributed by atoms with van der Waals surface area (Å²) in [6, 6.07) is 9.07. The number of rotatable bonds is 4. The number of halogens is 1. The third-order valence-electron chi connectivity index (χ3n) is 2.09. The molecule has 0 aliphatic heterocycles. The van der Waals surface area contributed by atoms with Crippen molar-refractivity contribution in [2.45, 2.75) is 11.8 Å². The van der Waals surface area contributed by atoms with Crippen molar-refractivity contribution >= 4 is 35.1 Å². The van der Waals surface area contributed by atoms with E-state index in [1.807, 2.05) is 18.2 Å². The third kappa shape index (κ3) is 3.51. The number of hydrogen-bond donors (Lipinski definition) is 1. The minimum atomic E-state index is -0.145. The van der Waals surface area contributed by atoms with Crippen molar-refractivity contribution in [3.63, 3.8) is 0 Å². The van der Waals surface area contributed by atoms with Crippen LogP contribution < -0.4 is 5.32 Å². The van der Waals surface area contributed by atoms with Crippen molar-refractivity contribution in [2.75, 3.05) is 11.1 Å². The number of nitrogens with one attached hydrogen (secondary N) is 1. The Morgan fingerprint density at radius 3 is 2.94 bits per heavy atom. The largest absolute Gasteiger partial charge is 0.360 e. The first-order valence-corrected chi connectivity index (χ1v) is 6.62. The summed E-state index contributed by atoms with van der Waals surface area (Å²) in [5.41, 5.74) is 0. The molecule has 1 N–H and O–H groups in total. The minimum absolute atomic E-state index is 0.145. The van der Waals surface area contributed by atoms with E-state index in [9.17, 15) is 4.79 Å². The Morgan fingerprint density at radius 2 is 2.28 bits per heavy atom. The van der Waals surface area contributed by atoms with Gasteiger partial charge in [-0.1, -0.05) is 28.9 Å². The van der Waals surface area contributed by atoms with Crippen LogP contribution in [0.1, 0.15) is 5.76 Å². The van der Waals surface area contributed by atoms with Crippen LogP contribution in [0, 0.1) is 6.92 Å². The first kappa shape index (κ1) is 13.0. The second kappa shape index (κ2) is 5.93. The van der Waals surface area contributed by atoms with E-state index >= 15 is 0 Å². The highest BCUT2D eigenvalue weighted by atomic mass is 35.5. The van der Waals surface area contributed by atoms with Gasteiger partial charge in [0.15, 0.2) is 5.82 Å². The molecule has 0 aliphatic rings. The Labute approximate surface area is 114 Å². The molecule has 18 heavy (non-hydrogen) atoms. The maximum Gasteiger partial charge on any atom is 0.235 e. The smallest absolute Gasteiger partial charge is 0.235 e. The van der Waals surface area contributed by atoms with Crippen LogP contribution in [0.4, 0.5) is 5.82 Å². The number of carbonyl (C=O) groups is 1. The van der Waals surface area contributed by atoms with Crippen LogP contribution >= 0.6 is 23.4 Å². The molecule has 1 amide bonds. The molecule has 2 rings (SSSR count). The zero-order valence-electron chi connectivity index (χ0n) is 9.64. The van der Waals surface area contributed by atoms with Gasteiger partial charge in [0.05, 0.1) is 10.8 Å². The minimum Gasteiger partial charge on any atom is -0.360 e. The molecule has 0 radical (unpaired) electrons. The number of benzene rings is 1. The molecule has 1 heterocycles. The molecule has 1 aromatic carbocycles. The summed E-state index contributed by atoms with van der Waals surface area (Å²) in [5.74, 6) is 1.21.